The van der Waals surface area contributed by atoms with Gasteiger partial charge < -0.3 is 4.90 Å². The van der Waals surface area contributed by atoms with E-state index in [1.54, 1.807) is 4.90 Å². The Kier molecular flexibility index (Phi) is 5.61. The molecule has 126 valence electrons. The van der Waals surface area contributed by atoms with Gasteiger partial charge in [-0.05, 0) is 23.8 Å². The van der Waals surface area contributed by atoms with Crippen molar-refractivity contribution in [3.05, 3.63) is 62.9 Å². The molecule has 0 spiro atoms. The van der Waals surface area contributed by atoms with Crippen LogP contribution in [0.15, 0.2) is 36.5 Å². The Balaban J connectivity index is 1.59. The molecule has 1 aromatic carbocycles. The SMILES string of the molecule is O=C(c1cc(Cl)ncc1Cl)N1CCN(Cc2ccc(Cl)cc2)CC1. The third-order valence-electron chi connectivity index (χ3n) is 4.03. The molecule has 0 aliphatic carbocycles. The molecule has 0 atom stereocenters. The van der Waals surface area contributed by atoms with Crippen LogP contribution in [0.2, 0.25) is 15.2 Å². The number of pyridine rings is 1. The monoisotopic (exact) mass is 383 g/mol. The lowest BCUT2D eigenvalue weighted by atomic mass is 10.2. The molecule has 1 aliphatic rings. The standard InChI is InChI=1S/C17H16Cl3N3O/c18-13-3-1-12(2-4-13)11-22-5-7-23(8-6-22)17(24)14-9-16(20)21-10-15(14)19/h1-4,9-10H,5-8,11H2. The second-order valence-electron chi connectivity index (χ2n) is 5.68. The quantitative estimate of drug-likeness (QED) is 0.751. The molecule has 24 heavy (non-hydrogen) atoms. The Bertz CT molecular complexity index is 728. The second-order valence-corrected chi connectivity index (χ2v) is 6.91. The second kappa shape index (κ2) is 7.70. The summed E-state index contributed by atoms with van der Waals surface area (Å²) in [6.45, 7) is 3.78. The highest BCUT2D eigenvalue weighted by atomic mass is 35.5. The number of piperazine rings is 1. The van der Waals surface area contributed by atoms with Gasteiger partial charge in [0.15, 0.2) is 0 Å². The Morgan fingerprint density at radius 2 is 1.71 bits per heavy atom. The fourth-order valence-corrected chi connectivity index (χ4v) is 3.17. The van der Waals surface area contributed by atoms with Gasteiger partial charge in [0.25, 0.3) is 5.91 Å². The Morgan fingerprint density at radius 1 is 1.04 bits per heavy atom. The van der Waals surface area contributed by atoms with Crippen molar-refractivity contribution in [2.24, 2.45) is 0 Å². The average molecular weight is 385 g/mol. The van der Waals surface area contributed by atoms with Crippen LogP contribution in [0.5, 0.6) is 0 Å². The van der Waals surface area contributed by atoms with Gasteiger partial charge >= 0.3 is 0 Å². The van der Waals surface area contributed by atoms with Crippen LogP contribution in [0.1, 0.15) is 15.9 Å². The molecule has 0 unspecified atom stereocenters. The summed E-state index contributed by atoms with van der Waals surface area (Å²) < 4.78 is 0. The fraction of sp³-hybridized carbons (Fsp3) is 0.294. The van der Waals surface area contributed by atoms with Crippen molar-refractivity contribution >= 4 is 40.7 Å². The molecule has 1 aromatic heterocycles. The average Bonchev–Trinajstić information content (AvgIpc) is 2.59. The third kappa shape index (κ3) is 4.19. The fourth-order valence-electron chi connectivity index (χ4n) is 2.70. The highest BCUT2D eigenvalue weighted by Gasteiger charge is 2.24. The molecule has 1 saturated heterocycles. The summed E-state index contributed by atoms with van der Waals surface area (Å²) >= 11 is 17.8. The zero-order valence-electron chi connectivity index (χ0n) is 12.9. The van der Waals surface area contributed by atoms with Crippen molar-refractivity contribution in [1.29, 1.82) is 0 Å². The van der Waals surface area contributed by atoms with Gasteiger partial charge in [0.2, 0.25) is 0 Å². The third-order valence-corrected chi connectivity index (χ3v) is 4.79. The van der Waals surface area contributed by atoms with E-state index < -0.39 is 0 Å². The molecule has 0 bridgehead atoms. The van der Waals surface area contributed by atoms with Gasteiger partial charge in [-0.3, -0.25) is 9.69 Å². The first kappa shape index (κ1) is 17.5. The van der Waals surface area contributed by atoms with Gasteiger partial charge in [0.05, 0.1) is 10.6 Å². The lowest BCUT2D eigenvalue weighted by Gasteiger charge is -2.35. The van der Waals surface area contributed by atoms with Crippen LogP contribution >= 0.6 is 34.8 Å². The van der Waals surface area contributed by atoms with Gasteiger partial charge in [0.1, 0.15) is 5.15 Å². The van der Waals surface area contributed by atoms with E-state index in [-0.39, 0.29) is 11.1 Å². The molecule has 0 N–H and O–H groups in total. The highest BCUT2D eigenvalue weighted by Crippen LogP contribution is 2.21. The van der Waals surface area contributed by atoms with Crippen molar-refractivity contribution < 1.29 is 4.79 Å². The van der Waals surface area contributed by atoms with Crippen molar-refractivity contribution in [3.63, 3.8) is 0 Å². The summed E-state index contributed by atoms with van der Waals surface area (Å²) in [5, 5.41) is 1.33. The van der Waals surface area contributed by atoms with Crippen LogP contribution < -0.4 is 0 Å². The molecule has 0 radical (unpaired) electrons. The molecule has 1 aliphatic heterocycles. The number of halogens is 3. The van der Waals surface area contributed by atoms with Crippen LogP contribution in [-0.2, 0) is 6.54 Å². The lowest BCUT2D eigenvalue weighted by Crippen LogP contribution is -2.48. The van der Waals surface area contributed by atoms with Gasteiger partial charge in [-0.15, -0.1) is 0 Å². The Hall–Kier alpha value is -1.33. The van der Waals surface area contributed by atoms with Crippen molar-refractivity contribution in [2.75, 3.05) is 26.2 Å². The minimum Gasteiger partial charge on any atom is -0.336 e. The number of hydrogen-bond donors (Lipinski definition) is 0. The predicted octanol–water partition coefficient (Wildman–Crippen LogP) is 4.00. The van der Waals surface area contributed by atoms with E-state index in [0.717, 1.165) is 24.7 Å². The van der Waals surface area contributed by atoms with Crippen LogP contribution in [0.4, 0.5) is 0 Å². The number of carbonyl (C=O) groups excluding carboxylic acids is 1. The lowest BCUT2D eigenvalue weighted by molar-refractivity contribution is 0.0628. The molecular formula is C17H16Cl3N3O. The number of aromatic nitrogens is 1. The first-order chi connectivity index (χ1) is 11.5. The minimum atomic E-state index is -0.101. The first-order valence-electron chi connectivity index (χ1n) is 7.60. The Labute approximate surface area is 155 Å². The van der Waals surface area contributed by atoms with Crippen molar-refractivity contribution in [2.45, 2.75) is 6.54 Å². The van der Waals surface area contributed by atoms with E-state index in [9.17, 15) is 4.79 Å². The van der Waals surface area contributed by atoms with E-state index in [2.05, 4.69) is 9.88 Å². The Morgan fingerprint density at radius 3 is 2.38 bits per heavy atom. The van der Waals surface area contributed by atoms with Gasteiger partial charge in [-0.2, -0.15) is 0 Å². The number of nitrogens with zero attached hydrogens (tertiary/aromatic N) is 3. The topological polar surface area (TPSA) is 36.4 Å². The number of benzene rings is 1. The number of hydrogen-bond acceptors (Lipinski definition) is 3. The zero-order chi connectivity index (χ0) is 17.1. The highest BCUT2D eigenvalue weighted by molar-refractivity contribution is 6.35. The first-order valence-corrected chi connectivity index (χ1v) is 8.73. The molecule has 1 amide bonds. The van der Waals surface area contributed by atoms with E-state index in [4.69, 9.17) is 34.8 Å². The summed E-state index contributed by atoms with van der Waals surface area (Å²) in [4.78, 5) is 20.6. The molecule has 2 aromatic rings. The normalized spacial score (nSPS) is 15.5. The maximum Gasteiger partial charge on any atom is 0.255 e. The molecule has 0 saturated carbocycles. The number of rotatable bonds is 3. The number of carbonyl (C=O) groups is 1. The van der Waals surface area contributed by atoms with Gasteiger partial charge in [0, 0.05) is 43.9 Å². The van der Waals surface area contributed by atoms with E-state index in [0.29, 0.717) is 23.7 Å². The van der Waals surface area contributed by atoms with Crippen LogP contribution in [0.25, 0.3) is 0 Å². The van der Waals surface area contributed by atoms with E-state index >= 15 is 0 Å². The van der Waals surface area contributed by atoms with E-state index in [1.807, 2.05) is 24.3 Å². The van der Waals surface area contributed by atoms with Crippen molar-refractivity contribution in [1.82, 2.24) is 14.8 Å². The predicted molar refractivity (Wildman–Crippen MR) is 96.9 cm³/mol. The molecule has 7 heteroatoms. The maximum atomic E-state index is 12.6. The van der Waals surface area contributed by atoms with Crippen LogP contribution in [0.3, 0.4) is 0 Å². The molecule has 3 rings (SSSR count). The smallest absolute Gasteiger partial charge is 0.255 e. The van der Waals surface area contributed by atoms with Gasteiger partial charge in [-0.1, -0.05) is 46.9 Å². The summed E-state index contributed by atoms with van der Waals surface area (Å²) in [6.07, 6.45) is 1.41. The van der Waals surface area contributed by atoms with Crippen LogP contribution in [0, 0.1) is 0 Å². The summed E-state index contributed by atoms with van der Waals surface area (Å²) in [5.41, 5.74) is 1.62. The summed E-state index contributed by atoms with van der Waals surface area (Å²) in [5.74, 6) is -0.101. The van der Waals surface area contributed by atoms with Crippen LogP contribution in [-0.4, -0.2) is 46.9 Å². The van der Waals surface area contributed by atoms with Gasteiger partial charge in [-0.25, -0.2) is 4.98 Å². The number of amides is 1. The minimum absolute atomic E-state index is 0.101. The molecule has 4 nitrogen and oxygen atoms in total. The summed E-state index contributed by atoms with van der Waals surface area (Å²) in [7, 11) is 0. The maximum absolute atomic E-state index is 12.6. The molecule has 2 heterocycles. The van der Waals surface area contributed by atoms with E-state index in [1.165, 1.54) is 17.8 Å². The molecule has 1 fully saturated rings. The summed E-state index contributed by atoms with van der Waals surface area (Å²) in [6, 6.07) is 9.36. The largest absolute Gasteiger partial charge is 0.336 e. The van der Waals surface area contributed by atoms with Crippen molar-refractivity contribution in [3.8, 4) is 0 Å². The molecular weight excluding hydrogens is 369 g/mol. The zero-order valence-corrected chi connectivity index (χ0v) is 15.2.